The second-order valence-corrected chi connectivity index (χ2v) is 8.40. The normalized spacial score (nSPS) is 10.7. The molecule has 32 heavy (non-hydrogen) atoms. The van der Waals surface area contributed by atoms with Gasteiger partial charge in [-0.25, -0.2) is 4.98 Å². The molecule has 1 aromatic heterocycles. The van der Waals surface area contributed by atoms with Crippen LogP contribution < -0.4 is 10.1 Å². The molecule has 0 radical (unpaired) electrons. The third-order valence-electron chi connectivity index (χ3n) is 4.63. The molecule has 0 bridgehead atoms. The molecule has 4 aromatic rings. The van der Waals surface area contributed by atoms with Gasteiger partial charge in [-0.1, -0.05) is 72.0 Å². The molecule has 0 aliphatic heterocycles. The summed E-state index contributed by atoms with van der Waals surface area (Å²) in [4.78, 5) is 31.0. The lowest BCUT2D eigenvalue weighted by molar-refractivity contribution is 0.102. The number of hydrogen-bond donors (Lipinski definition) is 1. The van der Waals surface area contributed by atoms with Crippen LogP contribution in [0.4, 0.5) is 5.13 Å². The van der Waals surface area contributed by atoms with Crippen molar-refractivity contribution in [2.24, 2.45) is 0 Å². The smallest absolute Gasteiger partial charge is 0.257 e. The van der Waals surface area contributed by atoms with Gasteiger partial charge in [0.2, 0.25) is 5.78 Å². The Morgan fingerprint density at radius 3 is 2.09 bits per heavy atom. The van der Waals surface area contributed by atoms with Crippen LogP contribution in [0.1, 0.15) is 39.4 Å². The molecule has 4 rings (SSSR count). The number of nitrogens with one attached hydrogen (secondary N) is 1. The van der Waals surface area contributed by atoms with E-state index in [4.69, 9.17) is 4.74 Å². The van der Waals surface area contributed by atoms with Crippen molar-refractivity contribution in [2.75, 3.05) is 5.32 Å². The molecule has 1 heterocycles. The van der Waals surface area contributed by atoms with Crippen molar-refractivity contribution in [2.45, 2.75) is 20.0 Å². The Morgan fingerprint density at radius 2 is 1.47 bits per heavy atom. The van der Waals surface area contributed by atoms with E-state index in [1.807, 2.05) is 62.4 Å². The highest BCUT2D eigenvalue weighted by atomic mass is 32.1. The number of amides is 1. The third-order valence-corrected chi connectivity index (χ3v) is 5.59. The zero-order valence-electron chi connectivity index (χ0n) is 17.7. The second kappa shape index (κ2) is 9.58. The first kappa shape index (κ1) is 21.5. The third kappa shape index (κ3) is 4.92. The lowest BCUT2D eigenvalue weighted by atomic mass is 10.1. The number of benzene rings is 3. The monoisotopic (exact) mass is 442 g/mol. The second-order valence-electron chi connectivity index (χ2n) is 7.40. The van der Waals surface area contributed by atoms with Crippen molar-refractivity contribution < 1.29 is 14.3 Å². The summed E-state index contributed by atoms with van der Waals surface area (Å²) in [5.74, 6) is 0.277. The Bertz CT molecular complexity index is 1220. The zero-order valence-corrected chi connectivity index (χ0v) is 18.6. The first-order valence-electron chi connectivity index (χ1n) is 10.3. The van der Waals surface area contributed by atoms with E-state index in [9.17, 15) is 9.59 Å². The molecule has 5 nitrogen and oxygen atoms in total. The number of carbonyl (C=O) groups is 2. The number of rotatable bonds is 7. The van der Waals surface area contributed by atoms with Crippen LogP contribution in [0.2, 0.25) is 0 Å². The molecule has 0 saturated carbocycles. The first-order valence-corrected chi connectivity index (χ1v) is 11.1. The molecule has 160 valence electrons. The SMILES string of the molecule is CC(C)Oc1ccc(C(=O)Nc2nc(-c3ccccc3)c(C(=O)c3ccccc3)s2)cc1. The van der Waals surface area contributed by atoms with Gasteiger partial charge in [-0.3, -0.25) is 14.9 Å². The van der Waals surface area contributed by atoms with Crippen molar-refractivity contribution >= 4 is 28.2 Å². The van der Waals surface area contributed by atoms with Gasteiger partial charge in [0.25, 0.3) is 5.91 Å². The van der Waals surface area contributed by atoms with E-state index in [1.165, 1.54) is 11.3 Å². The molecule has 3 aromatic carbocycles. The average Bonchev–Trinajstić information content (AvgIpc) is 3.23. The highest BCUT2D eigenvalue weighted by molar-refractivity contribution is 7.18. The highest BCUT2D eigenvalue weighted by Crippen LogP contribution is 2.33. The average molecular weight is 443 g/mol. The van der Waals surface area contributed by atoms with Gasteiger partial charge in [0.1, 0.15) is 10.6 Å². The van der Waals surface area contributed by atoms with Crippen molar-refractivity contribution in [1.29, 1.82) is 0 Å². The summed E-state index contributed by atoms with van der Waals surface area (Å²) >= 11 is 1.17. The topological polar surface area (TPSA) is 68.3 Å². The molecule has 1 N–H and O–H groups in total. The molecule has 0 aliphatic carbocycles. The fourth-order valence-corrected chi connectivity index (χ4v) is 4.11. The molecular weight excluding hydrogens is 420 g/mol. The predicted molar refractivity (Wildman–Crippen MR) is 128 cm³/mol. The van der Waals surface area contributed by atoms with Crippen molar-refractivity contribution in [1.82, 2.24) is 4.98 Å². The first-order chi connectivity index (χ1) is 15.5. The van der Waals surface area contributed by atoms with Gasteiger partial charge < -0.3 is 4.74 Å². The zero-order chi connectivity index (χ0) is 22.5. The molecule has 1 amide bonds. The van der Waals surface area contributed by atoms with E-state index in [0.29, 0.717) is 32.6 Å². The van der Waals surface area contributed by atoms with Crippen LogP contribution in [0.15, 0.2) is 84.9 Å². The summed E-state index contributed by atoms with van der Waals surface area (Å²) in [7, 11) is 0. The van der Waals surface area contributed by atoms with Crippen LogP contribution in [0.5, 0.6) is 5.75 Å². The van der Waals surface area contributed by atoms with Gasteiger partial charge in [0.05, 0.1) is 11.8 Å². The summed E-state index contributed by atoms with van der Waals surface area (Å²) in [6, 6.07) is 25.5. The largest absolute Gasteiger partial charge is 0.491 e. The van der Waals surface area contributed by atoms with Crippen molar-refractivity contribution in [3.63, 3.8) is 0 Å². The standard InChI is InChI=1S/C26H22N2O3S/c1-17(2)31-21-15-13-20(14-16-21)25(30)28-26-27-22(18-9-5-3-6-10-18)24(32-26)23(29)19-11-7-4-8-12-19/h3-17H,1-2H3,(H,27,28,30). The Hall–Kier alpha value is -3.77. The fourth-order valence-electron chi connectivity index (χ4n) is 3.17. The van der Waals surface area contributed by atoms with Gasteiger partial charge in [0, 0.05) is 16.7 Å². The van der Waals surface area contributed by atoms with E-state index in [2.05, 4.69) is 10.3 Å². The maximum Gasteiger partial charge on any atom is 0.257 e. The summed E-state index contributed by atoms with van der Waals surface area (Å²) in [6.45, 7) is 3.89. The molecule has 6 heteroatoms. The van der Waals surface area contributed by atoms with Crippen LogP contribution in [-0.4, -0.2) is 22.8 Å². The van der Waals surface area contributed by atoms with Crippen LogP contribution in [0, 0.1) is 0 Å². The molecule has 0 fully saturated rings. The Morgan fingerprint density at radius 1 is 0.844 bits per heavy atom. The maximum absolute atomic E-state index is 13.2. The minimum absolute atomic E-state index is 0.0574. The Balaban J connectivity index is 1.62. The van der Waals surface area contributed by atoms with Crippen molar-refractivity contribution in [3.8, 4) is 17.0 Å². The Kier molecular flexibility index (Phi) is 6.42. The van der Waals surface area contributed by atoms with Crippen LogP contribution >= 0.6 is 11.3 Å². The predicted octanol–water partition coefficient (Wildman–Crippen LogP) is 6.08. The van der Waals surface area contributed by atoms with Crippen LogP contribution in [-0.2, 0) is 0 Å². The molecule has 0 unspecified atom stereocenters. The summed E-state index contributed by atoms with van der Waals surface area (Å²) in [6.07, 6.45) is 0.0574. The minimum atomic E-state index is -0.298. The summed E-state index contributed by atoms with van der Waals surface area (Å²) in [5, 5.41) is 3.20. The number of aromatic nitrogens is 1. The van der Waals surface area contributed by atoms with Crippen LogP contribution in [0.25, 0.3) is 11.3 Å². The number of ether oxygens (including phenoxy) is 1. The lowest BCUT2D eigenvalue weighted by Gasteiger charge is -2.09. The number of thiazole rings is 1. The number of nitrogens with zero attached hydrogens (tertiary/aromatic N) is 1. The molecule has 0 saturated heterocycles. The van der Waals surface area contributed by atoms with Crippen molar-refractivity contribution in [3.05, 3.63) is 101 Å². The van der Waals surface area contributed by atoms with Gasteiger partial charge >= 0.3 is 0 Å². The molecule has 0 spiro atoms. The fraction of sp³-hybridized carbons (Fsp3) is 0.115. The van der Waals surface area contributed by atoms with E-state index >= 15 is 0 Å². The van der Waals surface area contributed by atoms with E-state index in [-0.39, 0.29) is 17.8 Å². The summed E-state index contributed by atoms with van der Waals surface area (Å²) in [5.41, 5.74) is 2.43. The maximum atomic E-state index is 13.2. The lowest BCUT2D eigenvalue weighted by Crippen LogP contribution is -2.12. The molecule has 0 aliphatic rings. The minimum Gasteiger partial charge on any atom is -0.491 e. The highest BCUT2D eigenvalue weighted by Gasteiger charge is 2.22. The Labute approximate surface area is 190 Å². The molecule has 0 atom stereocenters. The number of carbonyl (C=O) groups excluding carboxylic acids is 2. The van der Waals surface area contributed by atoms with E-state index < -0.39 is 0 Å². The number of ketones is 1. The van der Waals surface area contributed by atoms with E-state index in [0.717, 1.165) is 5.56 Å². The van der Waals surface area contributed by atoms with E-state index in [1.54, 1.807) is 36.4 Å². The van der Waals surface area contributed by atoms with Crippen LogP contribution in [0.3, 0.4) is 0 Å². The molecular formula is C26H22N2O3S. The summed E-state index contributed by atoms with van der Waals surface area (Å²) < 4.78 is 5.62. The van der Waals surface area contributed by atoms with Gasteiger partial charge in [-0.15, -0.1) is 0 Å². The van der Waals surface area contributed by atoms with Gasteiger partial charge in [-0.05, 0) is 38.1 Å². The van der Waals surface area contributed by atoms with Gasteiger partial charge in [-0.2, -0.15) is 0 Å². The van der Waals surface area contributed by atoms with Gasteiger partial charge in [0.15, 0.2) is 5.13 Å². The number of anilines is 1. The quantitative estimate of drug-likeness (QED) is 0.352. The number of hydrogen-bond acceptors (Lipinski definition) is 5.